The quantitative estimate of drug-likeness (QED) is 0.145. The van der Waals surface area contributed by atoms with Crippen LogP contribution in [-0.4, -0.2) is 87.9 Å². The number of carbonyl (C=O) groups excluding carboxylic acids is 6. The van der Waals surface area contributed by atoms with Crippen molar-refractivity contribution >= 4 is 46.6 Å². The molecule has 4 rings (SSSR count). The molecule has 1 saturated heterocycles. The summed E-state index contributed by atoms with van der Waals surface area (Å²) in [5.74, 6) is -2.77. The fraction of sp³-hybridized carbons (Fsp3) is 0.500. The third kappa shape index (κ3) is 11.8. The number of para-hydroxylation sites is 1. The normalized spacial score (nSPS) is 16.5. The third-order valence-corrected chi connectivity index (χ3v) is 8.95. The molecule has 14 nitrogen and oxygen atoms in total. The van der Waals surface area contributed by atoms with Crippen LogP contribution in [0, 0.1) is 5.92 Å². The maximum Gasteiger partial charge on any atom is 0.408 e. The first kappa shape index (κ1) is 41.4. The standard InChI is InChI=1S/C40H54N6O8/c1-24(2)20-31(35(48)43-26(4)38(51)53-23-27-14-9-8-10-15-27)44-34(47)25(3)42-36(49)33-18-13-19-46(33)37(50)32(45-39(52)54-40(5,6)7)21-28-22-41-30-17-12-11-16-29(28)30/h8-12,14-17,22,24-26,31-33,41H,13,18-21,23H2,1-7H3,(H,42,49)(H,43,48)(H,44,47)(H,45,52)/t25-,26-,31+,32-,33+/m1/s1. The SMILES string of the molecule is CC(C)C[C@H](NC(=O)[C@@H](C)NC(=O)[C@@H]1CCCN1C(=O)[C@@H](Cc1c[nH]c2ccccc12)NC(=O)OC(C)(C)C)C(=O)N[C@H](C)C(=O)OCc1ccccc1. The van der Waals surface area contributed by atoms with E-state index in [0.29, 0.717) is 12.8 Å². The Morgan fingerprint density at radius 3 is 2.20 bits per heavy atom. The predicted molar refractivity (Wildman–Crippen MR) is 203 cm³/mol. The Morgan fingerprint density at radius 2 is 1.52 bits per heavy atom. The summed E-state index contributed by atoms with van der Waals surface area (Å²) >= 11 is 0. The molecule has 1 aliphatic rings. The summed E-state index contributed by atoms with van der Waals surface area (Å²) in [6.45, 7) is 12.3. The van der Waals surface area contributed by atoms with Gasteiger partial charge in [-0.05, 0) is 77.0 Å². The van der Waals surface area contributed by atoms with Crippen LogP contribution < -0.4 is 21.3 Å². The van der Waals surface area contributed by atoms with Crippen LogP contribution in [0.1, 0.15) is 78.9 Å². The number of amides is 5. The Hall–Kier alpha value is -5.40. The third-order valence-electron chi connectivity index (χ3n) is 8.95. The van der Waals surface area contributed by atoms with Gasteiger partial charge >= 0.3 is 12.1 Å². The minimum atomic E-state index is -1.06. The van der Waals surface area contributed by atoms with E-state index >= 15 is 0 Å². The van der Waals surface area contributed by atoms with Crippen LogP contribution in [0.5, 0.6) is 0 Å². The van der Waals surface area contributed by atoms with Gasteiger partial charge in [0, 0.05) is 30.1 Å². The minimum Gasteiger partial charge on any atom is -0.459 e. The summed E-state index contributed by atoms with van der Waals surface area (Å²) < 4.78 is 10.8. The largest absolute Gasteiger partial charge is 0.459 e. The van der Waals surface area contributed by atoms with Gasteiger partial charge in [-0.25, -0.2) is 9.59 Å². The Labute approximate surface area is 316 Å². The van der Waals surface area contributed by atoms with E-state index in [0.717, 1.165) is 22.0 Å². The van der Waals surface area contributed by atoms with Crippen LogP contribution in [0.15, 0.2) is 60.8 Å². The number of benzene rings is 2. The molecule has 0 spiro atoms. The summed E-state index contributed by atoms with van der Waals surface area (Å²) in [5, 5.41) is 11.7. The first-order chi connectivity index (χ1) is 25.5. The number of nitrogens with one attached hydrogen (secondary N) is 5. The molecular formula is C40H54N6O8. The fourth-order valence-electron chi connectivity index (χ4n) is 6.27. The molecule has 3 aromatic rings. The fourth-order valence-corrected chi connectivity index (χ4v) is 6.27. The van der Waals surface area contributed by atoms with E-state index in [1.54, 1.807) is 27.0 Å². The highest BCUT2D eigenvalue weighted by Crippen LogP contribution is 2.23. The monoisotopic (exact) mass is 746 g/mol. The second-order valence-corrected chi connectivity index (χ2v) is 15.2. The molecule has 54 heavy (non-hydrogen) atoms. The number of alkyl carbamates (subject to hydrolysis) is 1. The van der Waals surface area contributed by atoms with Crippen LogP contribution in [0.25, 0.3) is 10.9 Å². The summed E-state index contributed by atoms with van der Waals surface area (Å²) in [4.78, 5) is 84.6. The molecule has 1 fully saturated rings. The first-order valence-electron chi connectivity index (χ1n) is 18.5. The Bertz CT molecular complexity index is 1790. The Morgan fingerprint density at radius 1 is 0.833 bits per heavy atom. The van der Waals surface area contributed by atoms with E-state index in [2.05, 4.69) is 26.3 Å². The van der Waals surface area contributed by atoms with Crippen LogP contribution in [0.3, 0.4) is 0 Å². The van der Waals surface area contributed by atoms with Crippen molar-refractivity contribution < 1.29 is 38.2 Å². The summed E-state index contributed by atoms with van der Waals surface area (Å²) in [7, 11) is 0. The molecule has 1 aliphatic heterocycles. The molecule has 2 heterocycles. The van der Waals surface area contributed by atoms with Crippen LogP contribution >= 0.6 is 0 Å². The molecule has 2 aromatic carbocycles. The van der Waals surface area contributed by atoms with Crippen LogP contribution in [0.4, 0.5) is 4.79 Å². The molecular weight excluding hydrogens is 692 g/mol. The number of likely N-dealkylation sites (tertiary alicyclic amines) is 1. The van der Waals surface area contributed by atoms with Crippen LogP contribution in [0.2, 0.25) is 0 Å². The maximum absolute atomic E-state index is 14.1. The minimum absolute atomic E-state index is 0.0100. The van der Waals surface area contributed by atoms with Crippen molar-refractivity contribution in [3.8, 4) is 0 Å². The molecule has 0 radical (unpaired) electrons. The number of rotatable bonds is 15. The van der Waals surface area contributed by atoms with Gasteiger partial charge in [-0.1, -0.05) is 62.4 Å². The van der Waals surface area contributed by atoms with Gasteiger partial charge in [-0.15, -0.1) is 0 Å². The van der Waals surface area contributed by atoms with E-state index < -0.39 is 71.5 Å². The number of hydrogen-bond acceptors (Lipinski definition) is 8. The number of H-pyrrole nitrogens is 1. The zero-order valence-electron chi connectivity index (χ0n) is 32.2. The highest BCUT2D eigenvalue weighted by molar-refractivity contribution is 5.96. The van der Waals surface area contributed by atoms with Crippen molar-refractivity contribution in [2.24, 2.45) is 5.92 Å². The van der Waals surface area contributed by atoms with E-state index in [9.17, 15) is 28.8 Å². The van der Waals surface area contributed by atoms with Gasteiger partial charge in [0.05, 0.1) is 0 Å². The smallest absolute Gasteiger partial charge is 0.408 e. The molecule has 1 aromatic heterocycles. The summed E-state index contributed by atoms with van der Waals surface area (Å²) in [6.07, 6.45) is 2.35. The Balaban J connectivity index is 1.39. The zero-order chi connectivity index (χ0) is 39.6. The van der Waals surface area contributed by atoms with E-state index in [1.165, 1.54) is 18.7 Å². The Kier molecular flexibility index (Phi) is 14.2. The molecule has 0 aliphatic carbocycles. The lowest BCUT2D eigenvalue weighted by molar-refractivity contribution is -0.148. The second kappa shape index (κ2) is 18.6. The van der Waals surface area contributed by atoms with Gasteiger partial charge in [0.25, 0.3) is 0 Å². The van der Waals surface area contributed by atoms with E-state index in [4.69, 9.17) is 9.47 Å². The predicted octanol–water partition coefficient (Wildman–Crippen LogP) is 3.88. The van der Waals surface area contributed by atoms with Crippen molar-refractivity contribution in [1.82, 2.24) is 31.2 Å². The van der Waals surface area contributed by atoms with Gasteiger partial charge in [0.1, 0.15) is 42.4 Å². The van der Waals surface area contributed by atoms with Gasteiger partial charge in [-0.2, -0.15) is 0 Å². The molecule has 5 atom stereocenters. The highest BCUT2D eigenvalue weighted by atomic mass is 16.6. The number of nitrogens with zero attached hydrogens (tertiary/aromatic N) is 1. The number of hydrogen-bond donors (Lipinski definition) is 5. The van der Waals surface area contributed by atoms with Crippen LogP contribution in [-0.2, 0) is 46.5 Å². The molecule has 5 N–H and O–H groups in total. The molecule has 0 saturated carbocycles. The van der Waals surface area contributed by atoms with Gasteiger partial charge in [0.15, 0.2) is 0 Å². The lowest BCUT2D eigenvalue weighted by atomic mass is 10.0. The average Bonchev–Trinajstić information content (AvgIpc) is 3.77. The molecule has 14 heteroatoms. The number of aromatic amines is 1. The lowest BCUT2D eigenvalue weighted by Gasteiger charge is -2.30. The second-order valence-electron chi connectivity index (χ2n) is 15.2. The van der Waals surface area contributed by atoms with Crippen molar-refractivity contribution in [2.75, 3.05) is 6.54 Å². The number of esters is 1. The topological polar surface area (TPSA) is 188 Å². The summed E-state index contributed by atoms with van der Waals surface area (Å²) in [6, 6.07) is 11.8. The molecule has 0 unspecified atom stereocenters. The first-order valence-corrected chi connectivity index (χ1v) is 18.5. The van der Waals surface area contributed by atoms with Gasteiger partial charge in [-0.3, -0.25) is 19.2 Å². The number of aromatic nitrogens is 1. The van der Waals surface area contributed by atoms with E-state index in [1.807, 2.05) is 68.4 Å². The van der Waals surface area contributed by atoms with Gasteiger partial charge < -0.3 is 40.6 Å². The average molecular weight is 747 g/mol. The van der Waals surface area contributed by atoms with Crippen molar-refractivity contribution in [1.29, 1.82) is 0 Å². The highest BCUT2D eigenvalue weighted by Gasteiger charge is 2.39. The van der Waals surface area contributed by atoms with E-state index in [-0.39, 0.29) is 31.9 Å². The zero-order valence-corrected chi connectivity index (χ0v) is 32.2. The maximum atomic E-state index is 14.1. The van der Waals surface area contributed by atoms with Crippen molar-refractivity contribution in [3.05, 3.63) is 71.9 Å². The van der Waals surface area contributed by atoms with Crippen molar-refractivity contribution in [3.63, 3.8) is 0 Å². The van der Waals surface area contributed by atoms with Gasteiger partial charge in [0.2, 0.25) is 23.6 Å². The number of carbonyl (C=O) groups is 6. The molecule has 292 valence electrons. The molecule has 5 amide bonds. The van der Waals surface area contributed by atoms with Crippen molar-refractivity contribution in [2.45, 2.75) is 117 Å². The number of fused-ring (bicyclic) bond motifs is 1. The number of ether oxygens (including phenoxy) is 2. The summed E-state index contributed by atoms with van der Waals surface area (Å²) in [5.41, 5.74) is 1.69. The lowest BCUT2D eigenvalue weighted by Crippen LogP contribution is -2.58. The molecule has 0 bridgehead atoms.